The zero-order chi connectivity index (χ0) is 20.8. The molecule has 0 N–H and O–H groups in total. The minimum Gasteiger partial charge on any atom is -0.369 e. The number of ketones is 1. The average Bonchev–Trinajstić information content (AvgIpc) is 3.02. The summed E-state index contributed by atoms with van der Waals surface area (Å²) in [4.78, 5) is 44.5. The van der Waals surface area contributed by atoms with Crippen molar-refractivity contribution in [1.29, 1.82) is 0 Å². The van der Waals surface area contributed by atoms with E-state index in [-0.39, 0.29) is 41.3 Å². The number of carbonyl (C=O) groups is 3. The second-order valence-corrected chi connectivity index (χ2v) is 9.46. The number of benzene rings is 1. The predicted molar refractivity (Wildman–Crippen MR) is 114 cm³/mol. The Kier molecular flexibility index (Phi) is 5.13. The van der Waals surface area contributed by atoms with Crippen LogP contribution in [0.1, 0.15) is 31.2 Å². The van der Waals surface area contributed by atoms with Crippen LogP contribution in [0, 0.1) is 30.6 Å². The van der Waals surface area contributed by atoms with Gasteiger partial charge in [-0.2, -0.15) is 0 Å². The highest BCUT2D eigenvalue weighted by Crippen LogP contribution is 2.51. The van der Waals surface area contributed by atoms with Gasteiger partial charge in [0, 0.05) is 50.7 Å². The quantitative estimate of drug-likeness (QED) is 0.697. The zero-order valence-corrected chi connectivity index (χ0v) is 17.8. The number of fused-ring (bicyclic) bond motifs is 2. The molecule has 30 heavy (non-hydrogen) atoms. The summed E-state index contributed by atoms with van der Waals surface area (Å²) in [7, 11) is 0. The monoisotopic (exact) mass is 409 g/mol. The minimum absolute atomic E-state index is 0.00317. The fourth-order valence-electron chi connectivity index (χ4n) is 6.25. The third-order valence-electron chi connectivity index (χ3n) is 7.84. The summed E-state index contributed by atoms with van der Waals surface area (Å²) in [6.07, 6.45) is 3.03. The number of imide groups is 1. The number of para-hydroxylation sites is 1. The van der Waals surface area contributed by atoms with E-state index in [2.05, 4.69) is 41.0 Å². The van der Waals surface area contributed by atoms with E-state index in [9.17, 15) is 14.4 Å². The number of amides is 2. The summed E-state index contributed by atoms with van der Waals surface area (Å²) < 4.78 is 0. The molecular formula is C24H31N3O3. The maximum Gasteiger partial charge on any atom is 0.233 e. The van der Waals surface area contributed by atoms with Crippen molar-refractivity contribution in [2.45, 2.75) is 32.6 Å². The first kappa shape index (κ1) is 19.7. The third-order valence-corrected chi connectivity index (χ3v) is 7.84. The second kappa shape index (κ2) is 7.80. The van der Waals surface area contributed by atoms with E-state index in [0.717, 1.165) is 52.0 Å². The first-order valence-corrected chi connectivity index (χ1v) is 11.5. The number of anilines is 1. The maximum absolute atomic E-state index is 12.9. The molecule has 5 fully saturated rings. The molecule has 160 valence electrons. The van der Waals surface area contributed by atoms with E-state index in [0.29, 0.717) is 13.0 Å². The summed E-state index contributed by atoms with van der Waals surface area (Å²) in [5.41, 5.74) is 2.63. The SMILES string of the molecule is Cc1ccccc1N1CCN(CCCN2C(=O)C3C4CCC(C(=O)C4)C3C2=O)CC1. The molecule has 4 unspecified atom stereocenters. The van der Waals surface area contributed by atoms with Crippen LogP contribution < -0.4 is 4.90 Å². The molecule has 6 nitrogen and oxygen atoms in total. The van der Waals surface area contributed by atoms with Crippen LogP contribution in [0.5, 0.6) is 0 Å². The zero-order valence-electron chi connectivity index (χ0n) is 17.8. The van der Waals surface area contributed by atoms with Gasteiger partial charge < -0.3 is 4.90 Å². The van der Waals surface area contributed by atoms with Gasteiger partial charge in [0.25, 0.3) is 0 Å². The Labute approximate surface area is 178 Å². The Balaban J connectivity index is 1.13. The van der Waals surface area contributed by atoms with Crippen molar-refractivity contribution in [1.82, 2.24) is 9.80 Å². The number of piperazine rings is 1. The van der Waals surface area contributed by atoms with Gasteiger partial charge in [0.1, 0.15) is 5.78 Å². The van der Waals surface area contributed by atoms with Crippen LogP contribution in [0.2, 0.25) is 0 Å². The molecule has 2 saturated heterocycles. The molecule has 0 spiro atoms. The average molecular weight is 410 g/mol. The number of carbonyl (C=O) groups excluding carboxylic acids is 3. The summed E-state index contributed by atoms with van der Waals surface area (Å²) in [6, 6.07) is 8.51. The van der Waals surface area contributed by atoms with Crippen molar-refractivity contribution in [2.24, 2.45) is 23.7 Å². The molecule has 2 amide bonds. The van der Waals surface area contributed by atoms with Gasteiger partial charge >= 0.3 is 0 Å². The molecule has 1 aromatic rings. The number of hydrogen-bond acceptors (Lipinski definition) is 5. The van der Waals surface area contributed by atoms with E-state index in [4.69, 9.17) is 0 Å². The topological polar surface area (TPSA) is 60.9 Å². The van der Waals surface area contributed by atoms with Crippen LogP contribution in [0.4, 0.5) is 5.69 Å². The minimum atomic E-state index is -0.352. The number of aryl methyl sites for hydroxylation is 1. The fourth-order valence-corrected chi connectivity index (χ4v) is 6.25. The lowest BCUT2D eigenvalue weighted by Gasteiger charge is -2.41. The van der Waals surface area contributed by atoms with Crippen molar-refractivity contribution in [3.63, 3.8) is 0 Å². The number of rotatable bonds is 5. The molecule has 6 rings (SSSR count). The van der Waals surface area contributed by atoms with Crippen LogP contribution >= 0.6 is 0 Å². The highest BCUT2D eigenvalue weighted by Gasteiger charge is 2.60. The Morgan fingerprint density at radius 2 is 1.63 bits per heavy atom. The van der Waals surface area contributed by atoms with E-state index < -0.39 is 0 Å². The number of hydrogen-bond donors (Lipinski definition) is 0. The lowest BCUT2D eigenvalue weighted by molar-refractivity contribution is -0.144. The van der Waals surface area contributed by atoms with Gasteiger partial charge in [-0.05, 0) is 50.3 Å². The lowest BCUT2D eigenvalue weighted by atomic mass is 9.59. The van der Waals surface area contributed by atoms with Gasteiger partial charge in [-0.3, -0.25) is 24.2 Å². The Morgan fingerprint density at radius 3 is 2.37 bits per heavy atom. The number of likely N-dealkylation sites (tertiary alicyclic amines) is 1. The Bertz CT molecular complexity index is 861. The molecule has 6 heteroatoms. The predicted octanol–water partition coefficient (Wildman–Crippen LogP) is 2.11. The van der Waals surface area contributed by atoms with Crippen molar-refractivity contribution >= 4 is 23.3 Å². The number of Topliss-reactive ketones (excluding diaryl/α,β-unsaturated/α-hetero) is 1. The van der Waals surface area contributed by atoms with Crippen molar-refractivity contribution < 1.29 is 14.4 Å². The first-order valence-electron chi connectivity index (χ1n) is 11.5. The van der Waals surface area contributed by atoms with Crippen LogP contribution in [0.3, 0.4) is 0 Å². The van der Waals surface area contributed by atoms with Gasteiger partial charge in [-0.25, -0.2) is 0 Å². The van der Waals surface area contributed by atoms with E-state index in [1.165, 1.54) is 16.2 Å². The summed E-state index contributed by atoms with van der Waals surface area (Å²) in [5, 5.41) is 0. The largest absolute Gasteiger partial charge is 0.369 e. The van der Waals surface area contributed by atoms with Crippen molar-refractivity contribution in [3.05, 3.63) is 29.8 Å². The van der Waals surface area contributed by atoms with E-state index in [1.54, 1.807) is 0 Å². The third kappa shape index (κ3) is 3.25. The summed E-state index contributed by atoms with van der Waals surface area (Å²) in [6.45, 7) is 7.56. The van der Waals surface area contributed by atoms with Crippen molar-refractivity contribution in [3.8, 4) is 0 Å². The Morgan fingerprint density at radius 1 is 0.900 bits per heavy atom. The van der Waals surface area contributed by atoms with E-state index in [1.807, 2.05) is 0 Å². The van der Waals surface area contributed by atoms with Gasteiger partial charge in [0.2, 0.25) is 11.8 Å². The number of nitrogens with zero attached hydrogens (tertiary/aromatic N) is 3. The standard InChI is InChI=1S/C24H31N3O3/c1-16-5-2-3-6-19(16)26-13-11-25(12-14-26)9-4-10-27-23(29)21-17-7-8-18(20(28)15-17)22(21)24(27)30/h2-3,5-6,17-18,21-22H,4,7-15H2,1H3. The normalized spacial score (nSPS) is 31.6. The van der Waals surface area contributed by atoms with Crippen LogP contribution in [0.15, 0.2) is 24.3 Å². The van der Waals surface area contributed by atoms with Crippen LogP contribution in [0.25, 0.3) is 0 Å². The lowest BCUT2D eigenvalue weighted by Crippen LogP contribution is -2.47. The van der Waals surface area contributed by atoms with Crippen LogP contribution in [-0.4, -0.2) is 66.7 Å². The molecular weight excluding hydrogens is 378 g/mol. The Hall–Kier alpha value is -2.21. The summed E-state index contributed by atoms with van der Waals surface area (Å²) >= 11 is 0. The maximum atomic E-state index is 12.9. The molecule has 3 aliphatic carbocycles. The van der Waals surface area contributed by atoms with Crippen LogP contribution in [-0.2, 0) is 14.4 Å². The summed E-state index contributed by atoms with van der Waals surface area (Å²) in [5.74, 6) is -0.531. The van der Waals surface area contributed by atoms with Crippen molar-refractivity contribution in [2.75, 3.05) is 44.2 Å². The smallest absolute Gasteiger partial charge is 0.233 e. The molecule has 5 aliphatic rings. The van der Waals surface area contributed by atoms with Gasteiger partial charge in [0.05, 0.1) is 11.8 Å². The molecule has 2 aliphatic heterocycles. The second-order valence-electron chi connectivity index (χ2n) is 9.46. The molecule has 3 saturated carbocycles. The molecule has 2 bridgehead atoms. The molecule has 0 aromatic heterocycles. The van der Waals surface area contributed by atoms with Gasteiger partial charge in [0.15, 0.2) is 0 Å². The van der Waals surface area contributed by atoms with E-state index >= 15 is 0 Å². The van der Waals surface area contributed by atoms with Gasteiger partial charge in [-0.15, -0.1) is 0 Å². The molecule has 0 radical (unpaired) electrons. The molecule has 2 heterocycles. The highest BCUT2D eigenvalue weighted by atomic mass is 16.2. The molecule has 4 atom stereocenters. The first-order chi connectivity index (χ1) is 14.5. The highest BCUT2D eigenvalue weighted by molar-refractivity contribution is 6.08. The fraction of sp³-hybridized carbons (Fsp3) is 0.625. The molecule has 1 aromatic carbocycles. The van der Waals surface area contributed by atoms with Gasteiger partial charge in [-0.1, -0.05) is 18.2 Å².